The molecule has 1 atom stereocenters. The molecule has 1 aliphatic rings. The van der Waals surface area contributed by atoms with Crippen LogP contribution in [0.1, 0.15) is 24.3 Å². The molecule has 1 unspecified atom stereocenters. The van der Waals surface area contributed by atoms with Gasteiger partial charge in [0.2, 0.25) is 21.8 Å². The van der Waals surface area contributed by atoms with Crippen molar-refractivity contribution >= 4 is 27.7 Å². The van der Waals surface area contributed by atoms with Crippen molar-refractivity contribution in [3.05, 3.63) is 41.7 Å². The Balaban J connectivity index is 1.39. The third-order valence-corrected chi connectivity index (χ3v) is 6.11. The van der Waals surface area contributed by atoms with Gasteiger partial charge in [0.05, 0.1) is 24.0 Å². The Kier molecular flexibility index (Phi) is 7.61. The van der Waals surface area contributed by atoms with E-state index in [1.54, 1.807) is 25.1 Å². The number of carbonyl (C=O) groups is 2. The molecule has 2 heterocycles. The number of carbonyl (C=O) groups excluding carboxylic acids is 2. The number of amides is 2. The van der Waals surface area contributed by atoms with Crippen LogP contribution in [-0.4, -0.2) is 74.5 Å². The number of benzene rings is 1. The summed E-state index contributed by atoms with van der Waals surface area (Å²) in [7, 11) is -3.75. The van der Waals surface area contributed by atoms with Gasteiger partial charge in [-0.25, -0.2) is 13.6 Å². The largest absolute Gasteiger partial charge is 0.360 e. The smallest absolute Gasteiger partial charge is 0.239 e. The minimum Gasteiger partial charge on any atom is -0.360 e. The summed E-state index contributed by atoms with van der Waals surface area (Å²) in [6.45, 7) is 6.75. The SMILES string of the molecule is Cc1cc(NC(=O)CN2CCN(CC(=O)NC(C)c3ccc(S(N)(=O)=O)cc3)CC2)no1. The van der Waals surface area contributed by atoms with E-state index < -0.39 is 10.0 Å². The summed E-state index contributed by atoms with van der Waals surface area (Å²) in [6.07, 6.45) is 0. The zero-order valence-corrected chi connectivity index (χ0v) is 18.9. The normalized spacial score (nSPS) is 16.5. The first-order chi connectivity index (χ1) is 15.1. The van der Waals surface area contributed by atoms with E-state index in [2.05, 4.69) is 15.8 Å². The second-order valence-corrected chi connectivity index (χ2v) is 9.39. The molecule has 2 aromatic rings. The number of nitrogens with two attached hydrogens (primary N) is 1. The Labute approximate surface area is 187 Å². The van der Waals surface area contributed by atoms with E-state index in [0.717, 1.165) is 5.56 Å². The molecule has 0 saturated carbocycles. The number of nitrogens with zero attached hydrogens (tertiary/aromatic N) is 3. The van der Waals surface area contributed by atoms with Gasteiger partial charge in [-0.05, 0) is 31.5 Å². The molecule has 11 nitrogen and oxygen atoms in total. The number of aromatic nitrogens is 1. The third-order valence-electron chi connectivity index (χ3n) is 5.18. The summed E-state index contributed by atoms with van der Waals surface area (Å²) < 4.78 is 27.6. The Hall–Kier alpha value is -2.80. The average Bonchev–Trinajstić information content (AvgIpc) is 3.13. The molecule has 174 valence electrons. The maximum absolute atomic E-state index is 12.4. The summed E-state index contributed by atoms with van der Waals surface area (Å²) in [5, 5.41) is 14.5. The molecule has 1 fully saturated rings. The molecular formula is C20H28N6O5S. The van der Waals surface area contributed by atoms with Crippen LogP contribution >= 0.6 is 0 Å². The third kappa shape index (κ3) is 6.85. The maximum atomic E-state index is 12.4. The summed E-state index contributed by atoms with van der Waals surface area (Å²) in [4.78, 5) is 28.6. The van der Waals surface area contributed by atoms with Crippen LogP contribution in [0.25, 0.3) is 0 Å². The molecule has 0 spiro atoms. The zero-order chi connectivity index (χ0) is 23.3. The van der Waals surface area contributed by atoms with Crippen LogP contribution in [0.3, 0.4) is 0 Å². The molecule has 0 radical (unpaired) electrons. The van der Waals surface area contributed by atoms with Crippen molar-refractivity contribution in [3.8, 4) is 0 Å². The van der Waals surface area contributed by atoms with Gasteiger partial charge in [0, 0.05) is 32.2 Å². The molecule has 3 rings (SSSR count). The van der Waals surface area contributed by atoms with Crippen molar-refractivity contribution in [2.24, 2.45) is 5.14 Å². The van der Waals surface area contributed by atoms with Crippen LogP contribution in [0.4, 0.5) is 5.82 Å². The fraction of sp³-hybridized carbons (Fsp3) is 0.450. The van der Waals surface area contributed by atoms with Crippen molar-refractivity contribution in [3.63, 3.8) is 0 Å². The molecule has 1 saturated heterocycles. The number of hydrogen-bond donors (Lipinski definition) is 3. The lowest BCUT2D eigenvalue weighted by Gasteiger charge is -2.34. The summed E-state index contributed by atoms with van der Waals surface area (Å²) >= 11 is 0. The molecule has 1 aromatic heterocycles. The predicted molar refractivity (Wildman–Crippen MR) is 117 cm³/mol. The molecule has 1 aromatic carbocycles. The molecular weight excluding hydrogens is 436 g/mol. The van der Waals surface area contributed by atoms with Gasteiger partial charge in [-0.3, -0.25) is 19.4 Å². The molecule has 32 heavy (non-hydrogen) atoms. The molecule has 0 bridgehead atoms. The van der Waals surface area contributed by atoms with Gasteiger partial charge in [-0.1, -0.05) is 17.3 Å². The Morgan fingerprint density at radius 3 is 2.16 bits per heavy atom. The number of rotatable bonds is 8. The number of nitrogens with one attached hydrogen (secondary N) is 2. The van der Waals surface area contributed by atoms with Crippen LogP contribution in [0.5, 0.6) is 0 Å². The molecule has 0 aliphatic carbocycles. The molecule has 1 aliphatic heterocycles. The lowest BCUT2D eigenvalue weighted by Crippen LogP contribution is -2.51. The second-order valence-electron chi connectivity index (χ2n) is 7.83. The number of aryl methyl sites for hydroxylation is 1. The van der Waals surface area contributed by atoms with E-state index in [1.807, 2.05) is 16.7 Å². The van der Waals surface area contributed by atoms with Crippen molar-refractivity contribution in [1.29, 1.82) is 0 Å². The quantitative estimate of drug-likeness (QED) is 0.496. The molecule has 4 N–H and O–H groups in total. The monoisotopic (exact) mass is 464 g/mol. The zero-order valence-electron chi connectivity index (χ0n) is 18.1. The summed E-state index contributed by atoms with van der Waals surface area (Å²) in [6, 6.07) is 7.49. The van der Waals surface area contributed by atoms with Gasteiger partial charge in [0.1, 0.15) is 5.76 Å². The van der Waals surface area contributed by atoms with Crippen LogP contribution in [0.2, 0.25) is 0 Å². The van der Waals surface area contributed by atoms with Crippen LogP contribution in [0.15, 0.2) is 39.8 Å². The van der Waals surface area contributed by atoms with Crippen molar-refractivity contribution in [2.45, 2.75) is 24.8 Å². The molecule has 12 heteroatoms. The highest BCUT2D eigenvalue weighted by molar-refractivity contribution is 7.89. The number of sulfonamides is 1. The van der Waals surface area contributed by atoms with Gasteiger partial charge in [0.15, 0.2) is 5.82 Å². The summed E-state index contributed by atoms with van der Waals surface area (Å²) in [5.41, 5.74) is 0.781. The van der Waals surface area contributed by atoms with Gasteiger partial charge in [-0.2, -0.15) is 0 Å². The number of piperazine rings is 1. The standard InChI is InChI=1S/C20H28N6O5S/c1-14-11-18(24-31-14)23-20(28)13-26-9-7-25(8-10-26)12-19(27)22-15(2)16-3-5-17(6-4-16)32(21,29)30/h3-6,11,15H,7-10,12-13H2,1-2H3,(H,22,27)(H2,21,29,30)(H,23,24,28). The van der Waals surface area contributed by atoms with Crippen molar-refractivity contribution in [1.82, 2.24) is 20.3 Å². The Morgan fingerprint density at radius 2 is 1.66 bits per heavy atom. The minimum absolute atomic E-state index is 0.0301. The highest BCUT2D eigenvalue weighted by atomic mass is 32.2. The first-order valence-electron chi connectivity index (χ1n) is 10.2. The lowest BCUT2D eigenvalue weighted by molar-refractivity contribution is -0.124. The topological polar surface area (TPSA) is 151 Å². The van der Waals surface area contributed by atoms with Crippen molar-refractivity contribution < 1.29 is 22.5 Å². The van der Waals surface area contributed by atoms with Crippen LogP contribution in [-0.2, 0) is 19.6 Å². The number of anilines is 1. The van der Waals surface area contributed by atoms with E-state index in [0.29, 0.717) is 37.8 Å². The predicted octanol–water partition coefficient (Wildman–Crippen LogP) is 0.0639. The highest BCUT2D eigenvalue weighted by Gasteiger charge is 2.22. The fourth-order valence-electron chi connectivity index (χ4n) is 3.44. The Bertz CT molecular complexity index is 1040. The van der Waals surface area contributed by atoms with Gasteiger partial charge in [0.25, 0.3) is 0 Å². The number of hydrogen-bond acceptors (Lipinski definition) is 8. The summed E-state index contributed by atoms with van der Waals surface area (Å²) in [5.74, 6) is 0.741. The van der Waals surface area contributed by atoms with Crippen molar-refractivity contribution in [2.75, 3.05) is 44.6 Å². The van der Waals surface area contributed by atoms with E-state index in [-0.39, 0.29) is 35.8 Å². The van der Waals surface area contributed by atoms with E-state index in [4.69, 9.17) is 9.66 Å². The van der Waals surface area contributed by atoms with Crippen LogP contribution in [0, 0.1) is 6.92 Å². The van der Waals surface area contributed by atoms with Gasteiger partial charge < -0.3 is 15.2 Å². The highest BCUT2D eigenvalue weighted by Crippen LogP contribution is 2.15. The fourth-order valence-corrected chi connectivity index (χ4v) is 3.95. The van der Waals surface area contributed by atoms with Gasteiger partial charge >= 0.3 is 0 Å². The lowest BCUT2D eigenvalue weighted by atomic mass is 10.1. The first kappa shape index (κ1) is 23.9. The number of primary sulfonamides is 1. The van der Waals surface area contributed by atoms with E-state index >= 15 is 0 Å². The van der Waals surface area contributed by atoms with Gasteiger partial charge in [-0.15, -0.1) is 0 Å². The van der Waals surface area contributed by atoms with E-state index in [9.17, 15) is 18.0 Å². The average molecular weight is 465 g/mol. The first-order valence-corrected chi connectivity index (χ1v) is 11.7. The maximum Gasteiger partial charge on any atom is 0.239 e. The molecule has 2 amide bonds. The van der Waals surface area contributed by atoms with Crippen LogP contribution < -0.4 is 15.8 Å². The van der Waals surface area contributed by atoms with E-state index in [1.165, 1.54) is 12.1 Å². The second kappa shape index (κ2) is 10.2. The minimum atomic E-state index is -3.75. The Morgan fingerprint density at radius 1 is 1.09 bits per heavy atom.